The Labute approximate surface area is 122 Å². The van der Waals surface area contributed by atoms with Gasteiger partial charge in [0.2, 0.25) is 5.91 Å². The molecule has 0 aromatic rings. The minimum absolute atomic E-state index is 0.0461. The third-order valence-electron chi connectivity index (χ3n) is 2.95. The number of nitrogens with zero attached hydrogens (tertiary/aromatic N) is 1. The molecule has 0 N–H and O–H groups in total. The third kappa shape index (κ3) is 6.89. The molecule has 0 aliphatic heterocycles. The van der Waals surface area contributed by atoms with Crippen molar-refractivity contribution in [3.05, 3.63) is 0 Å². The van der Waals surface area contributed by atoms with Gasteiger partial charge < -0.3 is 14.4 Å². The summed E-state index contributed by atoms with van der Waals surface area (Å²) in [5.41, 5.74) is -0.457. The van der Waals surface area contributed by atoms with Crippen molar-refractivity contribution in [2.24, 2.45) is 11.3 Å². The molecule has 0 radical (unpaired) electrons. The number of carbonyl (C=O) groups is 2. The van der Waals surface area contributed by atoms with Crippen molar-refractivity contribution in [3.8, 4) is 0 Å². The van der Waals surface area contributed by atoms with Crippen molar-refractivity contribution in [1.29, 1.82) is 0 Å². The summed E-state index contributed by atoms with van der Waals surface area (Å²) in [5.74, 6) is -0.565. The van der Waals surface area contributed by atoms with Gasteiger partial charge in [-0.1, -0.05) is 27.7 Å². The molecule has 0 heterocycles. The fourth-order valence-electron chi connectivity index (χ4n) is 1.86. The molecule has 0 saturated carbocycles. The molecule has 0 aliphatic rings. The van der Waals surface area contributed by atoms with Crippen LogP contribution in [0.5, 0.6) is 0 Å². The van der Waals surface area contributed by atoms with E-state index in [-0.39, 0.29) is 17.8 Å². The first kappa shape index (κ1) is 18.9. The summed E-state index contributed by atoms with van der Waals surface area (Å²) in [4.78, 5) is 25.7. The summed E-state index contributed by atoms with van der Waals surface area (Å²) in [6.45, 7) is 11.6. The maximum absolute atomic E-state index is 12.4. The minimum Gasteiger partial charge on any atom is -0.469 e. The predicted octanol–water partition coefficient (Wildman–Crippen LogP) is 2.10. The van der Waals surface area contributed by atoms with Gasteiger partial charge in [0.25, 0.3) is 0 Å². The SMILES string of the molecule is CCOCCCN(CC(C)C(=O)OC)C(=O)C(C)(C)C. The second kappa shape index (κ2) is 8.95. The zero-order valence-corrected chi connectivity index (χ0v) is 13.7. The maximum atomic E-state index is 12.4. The van der Waals surface area contributed by atoms with Crippen LogP contribution in [0.4, 0.5) is 0 Å². The van der Waals surface area contributed by atoms with Crippen LogP contribution in [0.15, 0.2) is 0 Å². The summed E-state index contributed by atoms with van der Waals surface area (Å²) in [6.07, 6.45) is 0.767. The molecule has 0 aromatic heterocycles. The average molecular weight is 287 g/mol. The van der Waals surface area contributed by atoms with Gasteiger partial charge in [-0.2, -0.15) is 0 Å². The maximum Gasteiger partial charge on any atom is 0.310 e. The van der Waals surface area contributed by atoms with Gasteiger partial charge in [-0.3, -0.25) is 9.59 Å². The van der Waals surface area contributed by atoms with Gasteiger partial charge in [0.05, 0.1) is 13.0 Å². The van der Waals surface area contributed by atoms with Gasteiger partial charge in [-0.05, 0) is 13.3 Å². The number of esters is 1. The summed E-state index contributed by atoms with van der Waals surface area (Å²) in [5, 5.41) is 0. The molecule has 0 aromatic carbocycles. The summed E-state index contributed by atoms with van der Waals surface area (Å²) in [7, 11) is 1.36. The van der Waals surface area contributed by atoms with Gasteiger partial charge in [-0.25, -0.2) is 0 Å². The number of hydrogen-bond donors (Lipinski definition) is 0. The first-order valence-electron chi connectivity index (χ1n) is 7.19. The third-order valence-corrected chi connectivity index (χ3v) is 2.95. The van der Waals surface area contributed by atoms with Crippen LogP contribution >= 0.6 is 0 Å². The molecule has 1 amide bonds. The van der Waals surface area contributed by atoms with E-state index in [1.807, 2.05) is 27.7 Å². The molecule has 20 heavy (non-hydrogen) atoms. The molecule has 118 valence electrons. The number of amides is 1. The van der Waals surface area contributed by atoms with Gasteiger partial charge in [-0.15, -0.1) is 0 Å². The normalized spacial score (nSPS) is 12.9. The quantitative estimate of drug-likeness (QED) is 0.507. The highest BCUT2D eigenvalue weighted by Gasteiger charge is 2.29. The lowest BCUT2D eigenvalue weighted by molar-refractivity contribution is -0.148. The highest BCUT2D eigenvalue weighted by Crippen LogP contribution is 2.19. The summed E-state index contributed by atoms with van der Waals surface area (Å²) < 4.78 is 10.0. The molecule has 0 bridgehead atoms. The number of methoxy groups -OCH3 is 1. The average Bonchev–Trinajstić information content (AvgIpc) is 2.39. The first-order chi connectivity index (χ1) is 9.23. The van der Waals surface area contributed by atoms with Crippen LogP contribution in [0.3, 0.4) is 0 Å². The largest absolute Gasteiger partial charge is 0.469 e. The Kier molecular flexibility index (Phi) is 8.46. The fraction of sp³-hybridized carbons (Fsp3) is 0.867. The van der Waals surface area contributed by atoms with Crippen LogP contribution in [0.1, 0.15) is 41.0 Å². The van der Waals surface area contributed by atoms with Crippen molar-refractivity contribution in [2.75, 3.05) is 33.4 Å². The number of hydrogen-bond acceptors (Lipinski definition) is 4. The molecule has 1 unspecified atom stereocenters. The molecule has 0 saturated heterocycles. The Morgan fingerprint density at radius 3 is 2.30 bits per heavy atom. The van der Waals surface area contributed by atoms with Crippen molar-refractivity contribution >= 4 is 11.9 Å². The van der Waals surface area contributed by atoms with Gasteiger partial charge in [0, 0.05) is 31.7 Å². The topological polar surface area (TPSA) is 55.8 Å². The van der Waals surface area contributed by atoms with E-state index >= 15 is 0 Å². The number of rotatable bonds is 8. The van der Waals surface area contributed by atoms with E-state index in [4.69, 9.17) is 9.47 Å². The van der Waals surface area contributed by atoms with Gasteiger partial charge >= 0.3 is 5.97 Å². The Balaban J connectivity index is 4.62. The van der Waals surface area contributed by atoms with E-state index in [0.717, 1.165) is 6.42 Å². The van der Waals surface area contributed by atoms with E-state index in [1.165, 1.54) is 7.11 Å². The van der Waals surface area contributed by atoms with E-state index in [1.54, 1.807) is 11.8 Å². The zero-order chi connectivity index (χ0) is 15.8. The molecule has 0 spiro atoms. The number of ether oxygens (including phenoxy) is 2. The lowest BCUT2D eigenvalue weighted by Gasteiger charge is -2.31. The highest BCUT2D eigenvalue weighted by molar-refractivity contribution is 5.82. The van der Waals surface area contributed by atoms with Crippen LogP contribution in [0.25, 0.3) is 0 Å². The molecular formula is C15H29NO4. The molecule has 0 fully saturated rings. The Bertz CT molecular complexity index is 309. The monoisotopic (exact) mass is 287 g/mol. The van der Waals surface area contributed by atoms with Crippen molar-refractivity contribution in [1.82, 2.24) is 4.90 Å². The van der Waals surface area contributed by atoms with Crippen LogP contribution in [0, 0.1) is 11.3 Å². The smallest absolute Gasteiger partial charge is 0.310 e. The second-order valence-corrected chi connectivity index (χ2v) is 5.98. The van der Waals surface area contributed by atoms with Crippen molar-refractivity contribution in [3.63, 3.8) is 0 Å². The van der Waals surface area contributed by atoms with Crippen molar-refractivity contribution < 1.29 is 19.1 Å². The first-order valence-corrected chi connectivity index (χ1v) is 7.19. The van der Waals surface area contributed by atoms with Gasteiger partial charge in [0.1, 0.15) is 0 Å². The standard InChI is InChI=1S/C15H29NO4/c1-7-20-10-8-9-16(14(18)15(3,4)5)11-12(2)13(17)19-6/h12H,7-11H2,1-6H3. The molecule has 0 rings (SSSR count). The Morgan fingerprint density at radius 1 is 1.25 bits per heavy atom. The number of carbonyl (C=O) groups excluding carboxylic acids is 2. The van der Waals surface area contributed by atoms with E-state index in [9.17, 15) is 9.59 Å². The zero-order valence-electron chi connectivity index (χ0n) is 13.7. The molecule has 1 atom stereocenters. The van der Waals surface area contributed by atoms with Crippen molar-refractivity contribution in [2.45, 2.75) is 41.0 Å². The van der Waals surface area contributed by atoms with Gasteiger partial charge in [0.15, 0.2) is 0 Å². The van der Waals surface area contributed by atoms with E-state index in [0.29, 0.717) is 26.3 Å². The summed E-state index contributed by atoms with van der Waals surface area (Å²) >= 11 is 0. The van der Waals surface area contributed by atoms with E-state index < -0.39 is 5.41 Å². The van der Waals surface area contributed by atoms with Crippen LogP contribution in [-0.2, 0) is 19.1 Å². The fourth-order valence-corrected chi connectivity index (χ4v) is 1.86. The predicted molar refractivity (Wildman–Crippen MR) is 78.3 cm³/mol. The lowest BCUT2D eigenvalue weighted by Crippen LogP contribution is -2.43. The molecule has 5 heteroatoms. The van der Waals surface area contributed by atoms with Crippen LogP contribution in [-0.4, -0.2) is 50.2 Å². The molecular weight excluding hydrogens is 258 g/mol. The second-order valence-electron chi connectivity index (χ2n) is 5.98. The summed E-state index contributed by atoms with van der Waals surface area (Å²) in [6, 6.07) is 0. The molecule has 5 nitrogen and oxygen atoms in total. The van der Waals surface area contributed by atoms with Crippen LogP contribution < -0.4 is 0 Å². The van der Waals surface area contributed by atoms with Crippen LogP contribution in [0.2, 0.25) is 0 Å². The van der Waals surface area contributed by atoms with E-state index in [2.05, 4.69) is 0 Å². The lowest BCUT2D eigenvalue weighted by atomic mass is 9.94. The molecule has 0 aliphatic carbocycles. The Morgan fingerprint density at radius 2 is 1.85 bits per heavy atom. The highest BCUT2D eigenvalue weighted by atomic mass is 16.5. The Hall–Kier alpha value is -1.10. The minimum atomic E-state index is -0.457.